The molecule has 0 radical (unpaired) electrons. The van der Waals surface area contributed by atoms with Crippen LogP contribution in [-0.4, -0.2) is 24.4 Å². The van der Waals surface area contributed by atoms with Gasteiger partial charge in [0.1, 0.15) is 5.69 Å². The Labute approximate surface area is 227 Å². The van der Waals surface area contributed by atoms with Gasteiger partial charge in [0.05, 0.1) is 10.2 Å². The zero-order valence-electron chi connectivity index (χ0n) is 20.7. The fourth-order valence-electron chi connectivity index (χ4n) is 4.56. The quantitative estimate of drug-likeness (QED) is 0.283. The van der Waals surface area contributed by atoms with E-state index in [9.17, 15) is 4.79 Å². The number of hydrogen-bond donors (Lipinski definition) is 0. The maximum atomic E-state index is 13.3. The van der Waals surface area contributed by atoms with E-state index >= 15 is 0 Å². The second kappa shape index (κ2) is 9.63. The van der Waals surface area contributed by atoms with Gasteiger partial charge in [0, 0.05) is 17.3 Å². The first kappa shape index (κ1) is 23.0. The molecule has 0 unspecified atom stereocenters. The first-order chi connectivity index (χ1) is 19.2. The molecule has 0 fully saturated rings. The molecule has 7 rings (SSSR count). The van der Waals surface area contributed by atoms with E-state index in [1.165, 1.54) is 21.2 Å². The van der Waals surface area contributed by atoms with Gasteiger partial charge in [-0.3, -0.25) is 4.79 Å². The summed E-state index contributed by atoms with van der Waals surface area (Å²) in [7, 11) is 0. The van der Waals surface area contributed by atoms with E-state index in [1.54, 1.807) is 0 Å². The van der Waals surface area contributed by atoms with Gasteiger partial charge >= 0.3 is 0 Å². The van der Waals surface area contributed by atoms with Crippen molar-refractivity contribution >= 4 is 45.3 Å². The van der Waals surface area contributed by atoms with Crippen molar-refractivity contribution in [2.75, 3.05) is 0 Å². The monoisotopic (exact) mass is 523 g/mol. The van der Waals surface area contributed by atoms with E-state index < -0.39 is 0 Å². The molecule has 0 aliphatic carbocycles. The highest BCUT2D eigenvalue weighted by atomic mass is 32.1. The van der Waals surface area contributed by atoms with Crippen LogP contribution in [0, 0.1) is 0 Å². The van der Waals surface area contributed by atoms with Crippen molar-refractivity contribution in [3.05, 3.63) is 141 Å². The molecule has 3 aromatic heterocycles. The Morgan fingerprint density at radius 2 is 1.49 bits per heavy atom. The van der Waals surface area contributed by atoms with Crippen LogP contribution in [-0.2, 0) is 0 Å². The van der Waals surface area contributed by atoms with Crippen molar-refractivity contribution in [3.63, 3.8) is 0 Å². The topological polar surface area (TPSA) is 65.1 Å². The van der Waals surface area contributed by atoms with Crippen molar-refractivity contribution in [2.24, 2.45) is 0 Å². The lowest BCUT2D eigenvalue weighted by atomic mass is 10.0. The molecule has 0 amide bonds. The maximum absolute atomic E-state index is 13.3. The number of para-hydroxylation sites is 1. The van der Waals surface area contributed by atoms with Crippen molar-refractivity contribution in [2.45, 2.75) is 0 Å². The molecule has 186 valence electrons. The van der Waals surface area contributed by atoms with Crippen LogP contribution in [0.3, 0.4) is 0 Å². The van der Waals surface area contributed by atoms with Gasteiger partial charge < -0.3 is 0 Å². The summed E-state index contributed by atoms with van der Waals surface area (Å²) in [5.41, 5.74) is 4.42. The third kappa shape index (κ3) is 4.45. The van der Waals surface area contributed by atoms with Crippen LogP contribution >= 0.6 is 11.3 Å². The second-order valence-corrected chi connectivity index (χ2v) is 10.1. The average Bonchev–Trinajstić information content (AvgIpc) is 3.67. The Morgan fingerprint density at radius 1 is 0.744 bits per heavy atom. The molecule has 7 heteroatoms. The lowest BCUT2D eigenvalue weighted by molar-refractivity contribution is 0.884. The molecule has 0 aliphatic heterocycles. The van der Waals surface area contributed by atoms with Crippen molar-refractivity contribution < 1.29 is 0 Å². The molecular formula is C32H21N5OS. The summed E-state index contributed by atoms with van der Waals surface area (Å²) in [6.45, 7) is 0. The Hall–Kier alpha value is -5.14. The van der Waals surface area contributed by atoms with E-state index in [2.05, 4.69) is 40.4 Å². The number of hydrogen-bond acceptors (Lipinski definition) is 5. The molecule has 0 N–H and O–H groups in total. The molecule has 0 atom stereocenters. The second-order valence-electron chi connectivity index (χ2n) is 9.10. The van der Waals surface area contributed by atoms with Crippen LogP contribution in [0.5, 0.6) is 0 Å². The molecule has 0 bridgehead atoms. The predicted molar refractivity (Wildman–Crippen MR) is 158 cm³/mol. The number of benzene rings is 4. The van der Waals surface area contributed by atoms with Gasteiger partial charge in [-0.25, -0.2) is 4.68 Å². The van der Waals surface area contributed by atoms with Crippen LogP contribution in [0.4, 0.5) is 0 Å². The normalized spacial score (nSPS) is 12.3. The maximum Gasteiger partial charge on any atom is 0.291 e. The van der Waals surface area contributed by atoms with E-state index in [-0.39, 0.29) is 5.56 Å². The largest absolute Gasteiger partial charge is 0.291 e. The summed E-state index contributed by atoms with van der Waals surface area (Å²) in [5, 5.41) is 11.7. The Morgan fingerprint density at radius 3 is 2.28 bits per heavy atom. The van der Waals surface area contributed by atoms with Crippen LogP contribution in [0.15, 0.2) is 114 Å². The molecule has 4 aromatic carbocycles. The first-order valence-corrected chi connectivity index (χ1v) is 13.3. The summed E-state index contributed by atoms with van der Waals surface area (Å²) in [6.07, 6.45) is 7.60. The highest BCUT2D eigenvalue weighted by Crippen LogP contribution is 2.28. The third-order valence-electron chi connectivity index (χ3n) is 6.50. The summed E-state index contributed by atoms with van der Waals surface area (Å²) in [5.74, 6) is 0.502. The fraction of sp³-hybridized carbons (Fsp3) is 0. The average molecular weight is 524 g/mol. The number of nitrogens with zero attached hydrogens (tertiary/aromatic N) is 5. The molecule has 6 nitrogen and oxygen atoms in total. The lowest BCUT2D eigenvalue weighted by Gasteiger charge is -2.03. The van der Waals surface area contributed by atoms with Gasteiger partial charge in [0.15, 0.2) is 5.82 Å². The number of fused-ring (bicyclic) bond motifs is 2. The fourth-order valence-corrected chi connectivity index (χ4v) is 5.47. The smallest absolute Gasteiger partial charge is 0.266 e. The summed E-state index contributed by atoms with van der Waals surface area (Å²) >= 11 is 1.32. The van der Waals surface area contributed by atoms with Crippen LogP contribution in [0.1, 0.15) is 17.0 Å². The van der Waals surface area contributed by atoms with Crippen LogP contribution in [0.2, 0.25) is 0 Å². The predicted octanol–water partition coefficient (Wildman–Crippen LogP) is 5.88. The van der Waals surface area contributed by atoms with E-state index in [4.69, 9.17) is 5.10 Å². The van der Waals surface area contributed by atoms with Gasteiger partial charge in [-0.05, 0) is 46.7 Å². The lowest BCUT2D eigenvalue weighted by Crippen LogP contribution is -2.23. The van der Waals surface area contributed by atoms with Crippen LogP contribution in [0.25, 0.3) is 50.9 Å². The minimum Gasteiger partial charge on any atom is -0.266 e. The Bertz CT molecular complexity index is 2090. The zero-order chi connectivity index (χ0) is 26.2. The van der Waals surface area contributed by atoms with E-state index in [1.807, 2.05) is 102 Å². The molecule has 0 aliphatic rings. The molecule has 39 heavy (non-hydrogen) atoms. The van der Waals surface area contributed by atoms with E-state index in [0.29, 0.717) is 15.3 Å². The molecule has 3 heterocycles. The van der Waals surface area contributed by atoms with Crippen LogP contribution < -0.4 is 10.1 Å². The van der Waals surface area contributed by atoms with Gasteiger partial charge in [0.2, 0.25) is 4.96 Å². The van der Waals surface area contributed by atoms with Gasteiger partial charge in [0.25, 0.3) is 5.56 Å². The van der Waals surface area contributed by atoms with Crippen molar-refractivity contribution in [1.82, 2.24) is 24.4 Å². The summed E-state index contributed by atoms with van der Waals surface area (Å²) < 4.78 is 3.78. The molecular weight excluding hydrogens is 502 g/mol. The molecule has 0 saturated heterocycles. The van der Waals surface area contributed by atoms with Gasteiger partial charge in [-0.1, -0.05) is 102 Å². The first-order valence-electron chi connectivity index (χ1n) is 12.5. The zero-order valence-corrected chi connectivity index (χ0v) is 21.5. The minimum absolute atomic E-state index is 0.196. The van der Waals surface area contributed by atoms with Crippen molar-refractivity contribution in [1.29, 1.82) is 0 Å². The standard InChI is InChI=1S/C32H21N5OS/c38-31-28(39-32-33-29(34-37(31)32)18-15-22-9-3-1-4-10-22)20-26-21-36(27-13-5-2-6-14-27)35-30(26)25-17-16-23-11-7-8-12-24(23)19-25/h1-21H/b18-15+,28-20-. The highest BCUT2D eigenvalue weighted by Gasteiger charge is 2.14. The SMILES string of the molecule is O=c1/c(=C/c2cn(-c3ccccc3)nc2-c2ccc3ccccc3c2)sc2nc(/C=C/c3ccccc3)nn12. The van der Waals surface area contributed by atoms with E-state index in [0.717, 1.165) is 33.5 Å². The molecule has 0 spiro atoms. The summed E-state index contributed by atoms with van der Waals surface area (Å²) in [6, 6.07) is 34.4. The third-order valence-corrected chi connectivity index (χ3v) is 7.45. The molecule has 7 aromatic rings. The summed E-state index contributed by atoms with van der Waals surface area (Å²) in [4.78, 5) is 18.4. The van der Waals surface area contributed by atoms with Gasteiger partial charge in [-0.15, -0.1) is 5.10 Å². The number of aromatic nitrogens is 5. The van der Waals surface area contributed by atoms with Crippen molar-refractivity contribution in [3.8, 4) is 16.9 Å². The minimum atomic E-state index is -0.196. The Kier molecular flexibility index (Phi) is 5.68. The highest BCUT2D eigenvalue weighted by molar-refractivity contribution is 7.15. The number of thiazole rings is 1. The number of rotatable bonds is 5. The van der Waals surface area contributed by atoms with Gasteiger partial charge in [-0.2, -0.15) is 14.6 Å². The Balaban J connectivity index is 1.33. The molecule has 0 saturated carbocycles.